The first-order chi connectivity index (χ1) is 11.1. The van der Waals surface area contributed by atoms with E-state index in [1.165, 1.54) is 0 Å². The van der Waals surface area contributed by atoms with Gasteiger partial charge < -0.3 is 15.7 Å². The molecule has 0 radical (unpaired) electrons. The second-order valence-electron chi connectivity index (χ2n) is 3.74. The van der Waals surface area contributed by atoms with Crippen LogP contribution < -0.4 is 10.2 Å². The van der Waals surface area contributed by atoms with Crippen molar-refractivity contribution in [3.63, 3.8) is 0 Å². The van der Waals surface area contributed by atoms with Gasteiger partial charge in [-0.05, 0) is 23.7 Å². The van der Waals surface area contributed by atoms with Crippen LogP contribution in [0.25, 0.3) is 0 Å². The normalized spacial score (nSPS) is 13.4. The molecular weight excluding hydrogens is 487 g/mol. The summed E-state index contributed by atoms with van der Waals surface area (Å²) >= 11 is 0. The largest absolute Gasteiger partial charge is 2.00 e. The Kier molecular flexibility index (Phi) is 13.4. The van der Waals surface area contributed by atoms with E-state index >= 15 is 0 Å². The van der Waals surface area contributed by atoms with E-state index < -0.39 is 59.9 Å². The Morgan fingerprint density at radius 1 is 0.536 bits per heavy atom. The summed E-state index contributed by atoms with van der Waals surface area (Å²) in [5, 5.41) is 19.6. The number of hydrogen-bond donors (Lipinski definition) is 0. The number of allylic oxidation sites excluding steroid dienone is 4. The average Bonchev–Trinajstić information content (AvgIpc) is 2.34. The molecule has 0 aromatic heterocycles. The quantitative estimate of drug-likeness (QED) is 0.249. The van der Waals surface area contributed by atoms with Crippen LogP contribution in [0.1, 0.15) is 0 Å². The standard InChI is InChI=1S/2C5H2F6O2.Ni.H2O/c2*6-4(7,8)2(12)1-3(13)5(9,10)11;;/h2*1,12H;;1H2/q;;+2;/p-2. The Bertz CT molecular complexity index is 530. The van der Waals surface area contributed by atoms with Gasteiger partial charge in [0.25, 0.3) is 11.6 Å². The predicted octanol–water partition coefficient (Wildman–Crippen LogP) is 1.02. The van der Waals surface area contributed by atoms with Gasteiger partial charge in [-0.25, -0.2) is 0 Å². The summed E-state index contributed by atoms with van der Waals surface area (Å²) in [6, 6.07) is 0. The van der Waals surface area contributed by atoms with Crippen LogP contribution >= 0.6 is 0 Å². The van der Waals surface area contributed by atoms with Gasteiger partial charge in [0.2, 0.25) is 0 Å². The molecule has 0 aliphatic carbocycles. The van der Waals surface area contributed by atoms with E-state index in [0.717, 1.165) is 0 Å². The molecule has 0 fully saturated rings. The van der Waals surface area contributed by atoms with E-state index in [2.05, 4.69) is 0 Å². The van der Waals surface area contributed by atoms with Gasteiger partial charge in [-0.2, -0.15) is 52.7 Å². The molecule has 28 heavy (non-hydrogen) atoms. The first kappa shape index (κ1) is 33.6. The van der Waals surface area contributed by atoms with Gasteiger partial charge in [0.15, 0.2) is 0 Å². The van der Waals surface area contributed by atoms with Gasteiger partial charge in [-0.1, -0.05) is 0 Å². The third-order valence-electron chi connectivity index (χ3n) is 1.64. The molecule has 0 aliphatic heterocycles. The van der Waals surface area contributed by atoms with Gasteiger partial charge in [0, 0.05) is 0 Å². The molecule has 168 valence electrons. The summed E-state index contributed by atoms with van der Waals surface area (Å²) in [4.78, 5) is 19.6. The molecule has 0 unspecified atom stereocenters. The summed E-state index contributed by atoms with van der Waals surface area (Å²) in [5.74, 6) is -11.3. The van der Waals surface area contributed by atoms with Crippen molar-refractivity contribution in [3.05, 3.63) is 23.7 Å². The van der Waals surface area contributed by atoms with E-state index in [-0.39, 0.29) is 22.0 Å². The van der Waals surface area contributed by atoms with Crippen LogP contribution in [0.2, 0.25) is 0 Å². The summed E-state index contributed by atoms with van der Waals surface area (Å²) in [5.41, 5.74) is 0. The fourth-order valence-corrected chi connectivity index (χ4v) is 0.565. The predicted molar refractivity (Wildman–Crippen MR) is 54.0 cm³/mol. The van der Waals surface area contributed by atoms with Crippen molar-refractivity contribution in [2.45, 2.75) is 24.7 Å². The van der Waals surface area contributed by atoms with Crippen molar-refractivity contribution in [3.8, 4) is 0 Å². The SMILES string of the molecule is O.O=C(C=C([O-])C(F)(F)F)C(F)(F)F.O=C(C=C([O-])C(F)(F)F)C(F)(F)F.[Ni+2]. The second kappa shape index (κ2) is 11.1. The minimum absolute atomic E-state index is 0. The van der Waals surface area contributed by atoms with E-state index in [4.69, 9.17) is 0 Å². The Balaban J connectivity index is -0.000000192. The first-order valence-electron chi connectivity index (χ1n) is 5.24. The first-order valence-corrected chi connectivity index (χ1v) is 5.24. The second-order valence-corrected chi connectivity index (χ2v) is 3.74. The molecule has 5 nitrogen and oxygen atoms in total. The average molecular weight is 491 g/mol. The number of carbonyl (C=O) groups is 2. The van der Waals surface area contributed by atoms with Gasteiger partial charge >= 0.3 is 41.2 Å². The van der Waals surface area contributed by atoms with Crippen molar-refractivity contribution >= 4 is 11.6 Å². The minimum Gasteiger partial charge on any atom is -0.869 e. The van der Waals surface area contributed by atoms with Crippen molar-refractivity contribution in [2.75, 3.05) is 0 Å². The van der Waals surface area contributed by atoms with E-state index in [0.29, 0.717) is 0 Å². The van der Waals surface area contributed by atoms with Gasteiger partial charge in [-0.15, -0.1) is 0 Å². The van der Waals surface area contributed by atoms with Crippen molar-refractivity contribution in [2.24, 2.45) is 0 Å². The Hall–Kier alpha value is -1.97. The molecule has 2 N–H and O–H groups in total. The summed E-state index contributed by atoms with van der Waals surface area (Å²) in [7, 11) is 0. The van der Waals surface area contributed by atoms with E-state index in [1.54, 1.807) is 0 Å². The molecule has 0 saturated heterocycles. The monoisotopic (exact) mass is 490 g/mol. The molecule has 0 aromatic rings. The van der Waals surface area contributed by atoms with Crippen LogP contribution in [0.15, 0.2) is 23.7 Å². The van der Waals surface area contributed by atoms with Crippen LogP contribution in [-0.4, -0.2) is 41.7 Å². The van der Waals surface area contributed by atoms with E-state index in [1.807, 2.05) is 0 Å². The molecule has 0 atom stereocenters. The van der Waals surface area contributed by atoms with Gasteiger partial charge in [0.1, 0.15) is 0 Å². The Morgan fingerprint density at radius 3 is 0.821 bits per heavy atom. The van der Waals surface area contributed by atoms with Crippen LogP contribution in [0.4, 0.5) is 52.7 Å². The third kappa shape index (κ3) is 14.1. The molecule has 0 heterocycles. The van der Waals surface area contributed by atoms with Crippen LogP contribution in [0.3, 0.4) is 0 Å². The molecule has 18 heteroatoms. The van der Waals surface area contributed by atoms with Gasteiger partial charge in [0.05, 0.1) is 0 Å². The smallest absolute Gasteiger partial charge is 0.869 e. The molecule has 0 amide bonds. The maximum Gasteiger partial charge on any atom is 2.00 e. The topological polar surface area (TPSA) is 112 Å². The zero-order chi connectivity index (χ0) is 21.7. The molecule has 0 rings (SSSR count). The fourth-order valence-electron chi connectivity index (χ4n) is 0.565. The molecular formula is C10H4F12NiO5. The maximum atomic E-state index is 11.3. The molecule has 0 aromatic carbocycles. The molecule has 0 aliphatic rings. The summed E-state index contributed by atoms with van der Waals surface area (Å²) in [6.45, 7) is 0. The number of hydrogen-bond acceptors (Lipinski definition) is 4. The van der Waals surface area contributed by atoms with Gasteiger partial charge in [-0.3, -0.25) is 9.59 Å². The number of rotatable bonds is 2. The van der Waals surface area contributed by atoms with Crippen LogP contribution in [-0.2, 0) is 26.1 Å². The summed E-state index contributed by atoms with van der Waals surface area (Å²) < 4.78 is 136. The van der Waals surface area contributed by atoms with E-state index in [9.17, 15) is 72.5 Å². The number of carbonyl (C=O) groups excluding carboxylic acids is 2. The zero-order valence-electron chi connectivity index (χ0n) is 12.1. The third-order valence-corrected chi connectivity index (χ3v) is 1.64. The zero-order valence-corrected chi connectivity index (χ0v) is 13.1. The summed E-state index contributed by atoms with van der Waals surface area (Å²) in [6.07, 6.45) is -23.9. The van der Waals surface area contributed by atoms with Crippen LogP contribution in [0, 0.1) is 0 Å². The Morgan fingerprint density at radius 2 is 0.714 bits per heavy atom. The number of alkyl halides is 12. The maximum absolute atomic E-state index is 11.3. The van der Waals surface area contributed by atoms with Crippen molar-refractivity contribution in [1.29, 1.82) is 0 Å². The number of ketones is 2. The fraction of sp³-hybridized carbons (Fsp3) is 0.400. The molecule has 0 spiro atoms. The number of halogens is 12. The molecule has 0 saturated carbocycles. The van der Waals surface area contributed by atoms with Crippen molar-refractivity contribution in [1.82, 2.24) is 0 Å². The molecule has 0 bridgehead atoms. The van der Waals surface area contributed by atoms with Crippen molar-refractivity contribution < 1.29 is 94.5 Å². The Labute approximate surface area is 155 Å². The van der Waals surface area contributed by atoms with Crippen LogP contribution in [0.5, 0.6) is 0 Å². The minimum atomic E-state index is -5.46.